The highest BCUT2D eigenvalue weighted by atomic mass is 19.1. The van der Waals surface area contributed by atoms with Crippen LogP contribution >= 0.6 is 0 Å². The van der Waals surface area contributed by atoms with Crippen LogP contribution in [0.15, 0.2) is 36.8 Å². The van der Waals surface area contributed by atoms with E-state index in [1.807, 2.05) is 25.4 Å². The summed E-state index contributed by atoms with van der Waals surface area (Å²) in [4.78, 5) is 19.7. The molecule has 178 valence electrons. The van der Waals surface area contributed by atoms with E-state index in [4.69, 9.17) is 0 Å². The number of carbonyl (C=O) groups excluding carboxylic acids is 1. The predicted octanol–water partition coefficient (Wildman–Crippen LogP) is 3.89. The Kier molecular flexibility index (Phi) is 5.31. The van der Waals surface area contributed by atoms with Gasteiger partial charge in [-0.1, -0.05) is 13.8 Å². The molecule has 0 radical (unpaired) electrons. The van der Waals surface area contributed by atoms with E-state index in [0.29, 0.717) is 28.5 Å². The Balaban J connectivity index is 1.46. The fourth-order valence-electron chi connectivity index (χ4n) is 5.09. The largest absolute Gasteiger partial charge is 0.369 e. The van der Waals surface area contributed by atoms with E-state index in [1.54, 1.807) is 28.4 Å². The summed E-state index contributed by atoms with van der Waals surface area (Å²) in [7, 11) is 1.85. The number of hydrogen-bond acceptors (Lipinski definition) is 5. The molecule has 1 atom stereocenters. The predicted molar refractivity (Wildman–Crippen MR) is 132 cm³/mol. The van der Waals surface area contributed by atoms with Crippen molar-refractivity contribution in [3.05, 3.63) is 53.9 Å². The molecule has 0 aliphatic carbocycles. The zero-order valence-corrected chi connectivity index (χ0v) is 20.2. The van der Waals surface area contributed by atoms with Gasteiger partial charge >= 0.3 is 0 Å². The van der Waals surface area contributed by atoms with E-state index in [1.165, 1.54) is 6.07 Å². The molecule has 1 aliphatic rings. The summed E-state index contributed by atoms with van der Waals surface area (Å²) < 4.78 is 17.8. The van der Waals surface area contributed by atoms with E-state index in [2.05, 4.69) is 46.4 Å². The number of nitrogens with zero attached hydrogens (tertiary/aromatic N) is 5. The molecule has 5 rings (SSSR count). The highest BCUT2D eigenvalue weighted by Crippen LogP contribution is 2.34. The number of halogens is 1. The molecule has 1 unspecified atom stereocenters. The van der Waals surface area contributed by atoms with Crippen molar-refractivity contribution in [3.63, 3.8) is 0 Å². The van der Waals surface area contributed by atoms with Gasteiger partial charge in [-0.2, -0.15) is 5.10 Å². The van der Waals surface area contributed by atoms with Gasteiger partial charge in [0.25, 0.3) is 5.91 Å². The number of aromatic nitrogens is 4. The van der Waals surface area contributed by atoms with Crippen molar-refractivity contribution in [2.75, 3.05) is 23.3 Å². The quantitative estimate of drug-likeness (QED) is 0.470. The molecule has 1 aromatic carbocycles. The SMILES string of the molecule is Cc1cn2cc(NC(=O)c3ccc(N4CCC(C)(NC(C)C)C4)c4cn(C)nc34)cc(F)c2n1. The number of imidazole rings is 1. The number of anilines is 2. The van der Waals surface area contributed by atoms with Crippen LogP contribution in [0.4, 0.5) is 15.8 Å². The second kappa shape index (κ2) is 8.09. The third kappa shape index (κ3) is 4.00. The molecule has 4 aromatic rings. The number of pyridine rings is 1. The molecule has 3 aromatic heterocycles. The highest BCUT2D eigenvalue weighted by Gasteiger charge is 2.35. The topological polar surface area (TPSA) is 79.5 Å². The van der Waals surface area contributed by atoms with Crippen molar-refractivity contribution >= 4 is 33.8 Å². The van der Waals surface area contributed by atoms with Crippen LogP contribution in [0.3, 0.4) is 0 Å². The number of carbonyl (C=O) groups is 1. The summed E-state index contributed by atoms with van der Waals surface area (Å²) >= 11 is 0. The van der Waals surface area contributed by atoms with Gasteiger partial charge in [0, 0.05) is 67.4 Å². The van der Waals surface area contributed by atoms with Crippen molar-refractivity contribution in [2.45, 2.75) is 45.7 Å². The number of fused-ring (bicyclic) bond motifs is 2. The van der Waals surface area contributed by atoms with Crippen LogP contribution in [0.25, 0.3) is 16.6 Å². The smallest absolute Gasteiger partial charge is 0.257 e. The summed E-state index contributed by atoms with van der Waals surface area (Å²) in [6, 6.07) is 5.49. The zero-order valence-electron chi connectivity index (χ0n) is 20.2. The summed E-state index contributed by atoms with van der Waals surface area (Å²) in [5.41, 5.74) is 3.47. The van der Waals surface area contributed by atoms with Crippen molar-refractivity contribution in [3.8, 4) is 0 Å². The number of aryl methyl sites for hydroxylation is 2. The third-order valence-corrected chi connectivity index (χ3v) is 6.35. The maximum absolute atomic E-state index is 14.5. The lowest BCUT2D eigenvalue weighted by Crippen LogP contribution is -2.48. The molecule has 1 saturated heterocycles. The standard InChI is InChI=1S/C25H30FN7O/c1-15(2)29-25(4)8-9-32(14-25)21-7-6-18(22-19(21)13-31(5)30-22)24(34)28-17-10-20(26)23-27-16(3)11-33(23)12-17/h6-7,10-13,15,29H,8-9,14H2,1-5H3,(H,28,34). The minimum absolute atomic E-state index is 0.0349. The lowest BCUT2D eigenvalue weighted by molar-refractivity contribution is 0.102. The molecule has 0 saturated carbocycles. The average Bonchev–Trinajstić information content (AvgIpc) is 3.42. The Morgan fingerprint density at radius 3 is 2.79 bits per heavy atom. The maximum Gasteiger partial charge on any atom is 0.257 e. The van der Waals surface area contributed by atoms with Gasteiger partial charge in [-0.25, -0.2) is 9.37 Å². The van der Waals surface area contributed by atoms with Crippen LogP contribution in [-0.4, -0.2) is 49.7 Å². The molecule has 0 bridgehead atoms. The lowest BCUT2D eigenvalue weighted by atomic mass is 10.0. The molecule has 1 amide bonds. The molecule has 1 fully saturated rings. The Labute approximate surface area is 197 Å². The maximum atomic E-state index is 14.5. The van der Waals surface area contributed by atoms with Crippen molar-refractivity contribution in [2.24, 2.45) is 7.05 Å². The van der Waals surface area contributed by atoms with Gasteiger partial charge in [0.05, 0.1) is 16.9 Å². The zero-order chi connectivity index (χ0) is 24.2. The van der Waals surface area contributed by atoms with Crippen molar-refractivity contribution < 1.29 is 9.18 Å². The summed E-state index contributed by atoms with van der Waals surface area (Å²) in [6.45, 7) is 10.2. The summed E-state index contributed by atoms with van der Waals surface area (Å²) in [5, 5.41) is 12.0. The van der Waals surface area contributed by atoms with Crippen molar-refractivity contribution in [1.82, 2.24) is 24.5 Å². The van der Waals surface area contributed by atoms with Crippen molar-refractivity contribution in [1.29, 1.82) is 0 Å². The number of amides is 1. The number of rotatable bonds is 5. The summed E-state index contributed by atoms with van der Waals surface area (Å²) in [5.74, 6) is -0.824. The molecular formula is C25H30FN7O. The van der Waals surface area contributed by atoms with Crippen LogP contribution in [0.2, 0.25) is 0 Å². The Morgan fingerprint density at radius 2 is 2.03 bits per heavy atom. The molecule has 0 spiro atoms. The van der Waals surface area contributed by atoms with E-state index in [9.17, 15) is 9.18 Å². The van der Waals surface area contributed by atoms with Gasteiger partial charge in [-0.15, -0.1) is 0 Å². The second-order valence-corrected chi connectivity index (χ2v) is 9.87. The monoisotopic (exact) mass is 463 g/mol. The van der Waals surface area contributed by atoms with Gasteiger partial charge in [-0.05, 0) is 32.4 Å². The number of hydrogen-bond donors (Lipinski definition) is 2. The van der Waals surface area contributed by atoms with Crippen LogP contribution in [0.1, 0.15) is 43.2 Å². The normalized spacial score (nSPS) is 18.5. The molecule has 1 aliphatic heterocycles. The van der Waals surface area contributed by atoms with E-state index in [-0.39, 0.29) is 17.1 Å². The van der Waals surface area contributed by atoms with Crippen LogP contribution < -0.4 is 15.5 Å². The molecule has 8 nitrogen and oxygen atoms in total. The molecular weight excluding hydrogens is 433 g/mol. The summed E-state index contributed by atoms with van der Waals surface area (Å²) in [6.07, 6.45) is 6.37. The van der Waals surface area contributed by atoms with Gasteiger partial charge in [0.1, 0.15) is 5.52 Å². The Hall–Kier alpha value is -3.46. The first kappa shape index (κ1) is 22.3. The molecule has 2 N–H and O–H groups in total. The Bertz CT molecular complexity index is 1410. The number of benzene rings is 1. The van der Waals surface area contributed by atoms with Crippen LogP contribution in [0.5, 0.6) is 0 Å². The average molecular weight is 464 g/mol. The van der Waals surface area contributed by atoms with Gasteiger partial charge < -0.3 is 19.9 Å². The van der Waals surface area contributed by atoms with Gasteiger partial charge in [0.2, 0.25) is 0 Å². The molecule has 9 heteroatoms. The fraction of sp³-hybridized carbons (Fsp3) is 0.400. The van der Waals surface area contributed by atoms with Gasteiger partial charge in [-0.3, -0.25) is 9.48 Å². The minimum atomic E-state index is -0.490. The van der Waals surface area contributed by atoms with E-state index < -0.39 is 5.82 Å². The second-order valence-electron chi connectivity index (χ2n) is 9.87. The molecule has 4 heterocycles. The third-order valence-electron chi connectivity index (χ3n) is 6.35. The highest BCUT2D eigenvalue weighted by molar-refractivity contribution is 6.13. The first-order valence-corrected chi connectivity index (χ1v) is 11.6. The van der Waals surface area contributed by atoms with Crippen LogP contribution in [-0.2, 0) is 7.05 Å². The van der Waals surface area contributed by atoms with E-state index >= 15 is 0 Å². The fourth-order valence-corrected chi connectivity index (χ4v) is 5.09. The van der Waals surface area contributed by atoms with Gasteiger partial charge in [0.15, 0.2) is 11.5 Å². The molecule has 34 heavy (non-hydrogen) atoms. The Morgan fingerprint density at radius 1 is 1.24 bits per heavy atom. The number of nitrogens with one attached hydrogen (secondary N) is 2. The minimum Gasteiger partial charge on any atom is -0.369 e. The lowest BCUT2D eigenvalue weighted by Gasteiger charge is -2.29. The first-order valence-electron chi connectivity index (χ1n) is 11.6. The first-order chi connectivity index (χ1) is 16.1. The van der Waals surface area contributed by atoms with Crippen LogP contribution in [0, 0.1) is 12.7 Å². The van der Waals surface area contributed by atoms with E-state index in [0.717, 1.165) is 30.6 Å².